The SMILES string of the molecule is CCCCCCCCCCCCC#CC1CCCCC1. The molecular weight excluding hydrogens is 240 g/mol. The van der Waals surface area contributed by atoms with Crippen LogP contribution in [0, 0.1) is 17.8 Å². The van der Waals surface area contributed by atoms with Crippen molar-refractivity contribution in [3.63, 3.8) is 0 Å². The van der Waals surface area contributed by atoms with E-state index in [1.54, 1.807) is 0 Å². The van der Waals surface area contributed by atoms with Crippen LogP contribution < -0.4 is 0 Å². The van der Waals surface area contributed by atoms with Crippen molar-refractivity contribution in [3.05, 3.63) is 0 Å². The Kier molecular flexibility index (Phi) is 11.9. The summed E-state index contributed by atoms with van der Waals surface area (Å²) < 4.78 is 0. The fraction of sp³-hybridized carbons (Fsp3) is 0.900. The van der Waals surface area contributed by atoms with Crippen molar-refractivity contribution in [1.82, 2.24) is 0 Å². The van der Waals surface area contributed by atoms with Gasteiger partial charge in [-0.2, -0.15) is 0 Å². The summed E-state index contributed by atoms with van der Waals surface area (Å²) in [5, 5.41) is 0. The molecule has 0 amide bonds. The molecule has 20 heavy (non-hydrogen) atoms. The van der Waals surface area contributed by atoms with Gasteiger partial charge in [0.2, 0.25) is 0 Å². The van der Waals surface area contributed by atoms with Gasteiger partial charge in [-0.05, 0) is 19.3 Å². The van der Waals surface area contributed by atoms with Crippen LogP contribution in [0.1, 0.15) is 110 Å². The molecule has 0 aromatic carbocycles. The van der Waals surface area contributed by atoms with Gasteiger partial charge >= 0.3 is 0 Å². The average Bonchev–Trinajstić information content (AvgIpc) is 2.49. The van der Waals surface area contributed by atoms with Crippen LogP contribution in [0.4, 0.5) is 0 Å². The van der Waals surface area contributed by atoms with Crippen molar-refractivity contribution >= 4 is 0 Å². The Morgan fingerprint density at radius 1 is 0.700 bits per heavy atom. The molecule has 0 radical (unpaired) electrons. The third-order valence-electron chi connectivity index (χ3n) is 4.57. The first-order chi connectivity index (χ1) is 9.93. The summed E-state index contributed by atoms with van der Waals surface area (Å²) >= 11 is 0. The van der Waals surface area contributed by atoms with E-state index < -0.39 is 0 Å². The lowest BCUT2D eigenvalue weighted by atomic mass is 9.90. The molecule has 0 saturated heterocycles. The van der Waals surface area contributed by atoms with Crippen LogP contribution >= 0.6 is 0 Å². The number of rotatable bonds is 10. The Hall–Kier alpha value is -0.440. The van der Waals surface area contributed by atoms with Gasteiger partial charge in [0.15, 0.2) is 0 Å². The van der Waals surface area contributed by atoms with E-state index >= 15 is 0 Å². The van der Waals surface area contributed by atoms with E-state index in [0.717, 1.165) is 12.3 Å². The molecule has 1 aliphatic carbocycles. The van der Waals surface area contributed by atoms with Crippen LogP contribution in [-0.2, 0) is 0 Å². The first kappa shape index (κ1) is 17.6. The molecule has 0 aromatic heterocycles. The minimum atomic E-state index is 0.742. The van der Waals surface area contributed by atoms with Gasteiger partial charge in [0.05, 0.1) is 0 Å². The summed E-state index contributed by atoms with van der Waals surface area (Å²) in [6, 6.07) is 0. The van der Waals surface area contributed by atoms with E-state index in [0.29, 0.717) is 0 Å². The van der Waals surface area contributed by atoms with Crippen LogP contribution in [0.2, 0.25) is 0 Å². The number of hydrogen-bond donors (Lipinski definition) is 0. The van der Waals surface area contributed by atoms with Crippen molar-refractivity contribution in [2.45, 2.75) is 110 Å². The molecule has 0 heteroatoms. The zero-order valence-electron chi connectivity index (χ0n) is 13.9. The Morgan fingerprint density at radius 3 is 1.85 bits per heavy atom. The summed E-state index contributed by atoms with van der Waals surface area (Å²) in [6.45, 7) is 2.29. The van der Waals surface area contributed by atoms with Gasteiger partial charge < -0.3 is 0 Å². The molecule has 0 N–H and O–H groups in total. The second-order valence-corrected chi connectivity index (χ2v) is 6.59. The molecule has 0 heterocycles. The Labute approximate surface area is 128 Å². The van der Waals surface area contributed by atoms with Gasteiger partial charge in [0, 0.05) is 12.3 Å². The Balaban J connectivity index is 1.79. The summed E-state index contributed by atoms with van der Waals surface area (Å²) in [5.41, 5.74) is 0. The topological polar surface area (TPSA) is 0 Å². The monoisotopic (exact) mass is 276 g/mol. The standard InChI is InChI=1S/C20H36/c1-2-3-4-5-6-7-8-9-10-11-12-14-17-20-18-15-13-16-19-20/h20H,2-13,15-16,18-19H2,1H3. The molecule has 1 rings (SSSR count). The lowest BCUT2D eigenvalue weighted by Gasteiger charge is -2.15. The van der Waals surface area contributed by atoms with E-state index in [1.165, 1.54) is 96.3 Å². The predicted molar refractivity (Wildman–Crippen MR) is 90.8 cm³/mol. The molecule has 1 fully saturated rings. The van der Waals surface area contributed by atoms with Gasteiger partial charge in [-0.25, -0.2) is 0 Å². The molecule has 116 valence electrons. The summed E-state index contributed by atoms with van der Waals surface area (Å²) in [6.07, 6.45) is 22.4. The van der Waals surface area contributed by atoms with Crippen LogP contribution in [0.15, 0.2) is 0 Å². The fourth-order valence-electron chi connectivity index (χ4n) is 3.16. The maximum Gasteiger partial charge on any atom is 0.0202 e. The van der Waals surface area contributed by atoms with Crippen LogP contribution in [0.25, 0.3) is 0 Å². The van der Waals surface area contributed by atoms with E-state index in [4.69, 9.17) is 0 Å². The van der Waals surface area contributed by atoms with Gasteiger partial charge in [0.1, 0.15) is 0 Å². The summed E-state index contributed by atoms with van der Waals surface area (Å²) in [7, 11) is 0. The molecule has 0 aromatic rings. The highest BCUT2D eigenvalue weighted by atomic mass is 14.1. The molecule has 0 bridgehead atoms. The van der Waals surface area contributed by atoms with Crippen LogP contribution in [0.5, 0.6) is 0 Å². The van der Waals surface area contributed by atoms with Crippen LogP contribution in [-0.4, -0.2) is 0 Å². The highest BCUT2D eigenvalue weighted by Gasteiger charge is 2.09. The summed E-state index contributed by atoms with van der Waals surface area (Å²) in [4.78, 5) is 0. The largest absolute Gasteiger partial charge is 0.103 e. The maximum absolute atomic E-state index is 3.50. The lowest BCUT2D eigenvalue weighted by Crippen LogP contribution is -2.02. The molecule has 0 aliphatic heterocycles. The van der Waals surface area contributed by atoms with Crippen molar-refractivity contribution in [1.29, 1.82) is 0 Å². The zero-order valence-corrected chi connectivity index (χ0v) is 13.9. The average molecular weight is 277 g/mol. The van der Waals surface area contributed by atoms with E-state index in [2.05, 4.69) is 18.8 Å². The third kappa shape index (κ3) is 10.4. The smallest absolute Gasteiger partial charge is 0.0202 e. The Bertz CT molecular complexity index is 249. The highest BCUT2D eigenvalue weighted by molar-refractivity contribution is 5.04. The van der Waals surface area contributed by atoms with Crippen LogP contribution in [0.3, 0.4) is 0 Å². The van der Waals surface area contributed by atoms with Crippen molar-refractivity contribution < 1.29 is 0 Å². The third-order valence-corrected chi connectivity index (χ3v) is 4.57. The zero-order chi connectivity index (χ0) is 14.3. The van der Waals surface area contributed by atoms with Crippen molar-refractivity contribution in [2.24, 2.45) is 5.92 Å². The molecule has 1 aliphatic rings. The first-order valence-corrected chi connectivity index (χ1v) is 9.42. The second kappa shape index (κ2) is 13.5. The van der Waals surface area contributed by atoms with E-state index in [1.807, 2.05) is 0 Å². The minimum Gasteiger partial charge on any atom is -0.103 e. The number of hydrogen-bond acceptors (Lipinski definition) is 0. The molecule has 0 atom stereocenters. The van der Waals surface area contributed by atoms with Gasteiger partial charge in [0.25, 0.3) is 0 Å². The number of unbranched alkanes of at least 4 members (excludes halogenated alkanes) is 10. The summed E-state index contributed by atoms with van der Waals surface area (Å²) in [5.74, 6) is 7.68. The molecule has 0 nitrogen and oxygen atoms in total. The Morgan fingerprint density at radius 2 is 1.25 bits per heavy atom. The first-order valence-electron chi connectivity index (χ1n) is 9.42. The molecule has 0 unspecified atom stereocenters. The highest BCUT2D eigenvalue weighted by Crippen LogP contribution is 2.22. The normalized spacial score (nSPS) is 15.8. The molecule has 1 saturated carbocycles. The maximum atomic E-state index is 3.50. The van der Waals surface area contributed by atoms with Gasteiger partial charge in [-0.1, -0.05) is 89.9 Å². The predicted octanol–water partition coefficient (Wildman–Crippen LogP) is 6.88. The van der Waals surface area contributed by atoms with Crippen molar-refractivity contribution in [2.75, 3.05) is 0 Å². The van der Waals surface area contributed by atoms with Gasteiger partial charge in [-0.15, -0.1) is 5.92 Å². The van der Waals surface area contributed by atoms with Crippen molar-refractivity contribution in [3.8, 4) is 11.8 Å². The van der Waals surface area contributed by atoms with Gasteiger partial charge in [-0.3, -0.25) is 0 Å². The lowest BCUT2D eigenvalue weighted by molar-refractivity contribution is 0.430. The van der Waals surface area contributed by atoms with E-state index in [-0.39, 0.29) is 0 Å². The second-order valence-electron chi connectivity index (χ2n) is 6.59. The van der Waals surface area contributed by atoms with E-state index in [9.17, 15) is 0 Å². The molecule has 0 spiro atoms. The quantitative estimate of drug-likeness (QED) is 0.301. The molecular formula is C20H36. The fourth-order valence-corrected chi connectivity index (χ4v) is 3.16. The minimum absolute atomic E-state index is 0.742.